The number of alkyl halides is 6. The molecular weight excluding hydrogens is 547 g/mol. The van der Waals surface area contributed by atoms with E-state index in [1.165, 1.54) is 11.0 Å². The zero-order valence-electron chi connectivity index (χ0n) is 19.4. The van der Waals surface area contributed by atoms with Crippen molar-refractivity contribution in [2.45, 2.75) is 56.1 Å². The molecule has 0 unspecified atom stereocenters. The second-order valence-corrected chi connectivity index (χ2v) is 9.11. The van der Waals surface area contributed by atoms with Gasteiger partial charge in [-0.05, 0) is 55.9 Å². The van der Waals surface area contributed by atoms with E-state index in [0.29, 0.717) is 31.7 Å². The molecule has 2 atom stereocenters. The first-order chi connectivity index (χ1) is 17.3. The maximum atomic E-state index is 14.7. The summed E-state index contributed by atoms with van der Waals surface area (Å²) in [6.07, 6.45) is -8.18. The van der Waals surface area contributed by atoms with Crippen LogP contribution in [0.15, 0.2) is 28.7 Å². The Balaban J connectivity index is 0.00000336. The molecule has 1 fully saturated rings. The Hall–Kier alpha value is -3.13. The molecule has 6 bridgehead atoms. The van der Waals surface area contributed by atoms with Crippen LogP contribution in [0.4, 0.5) is 42.2 Å². The van der Waals surface area contributed by atoms with Crippen molar-refractivity contribution in [3.8, 4) is 11.6 Å². The highest BCUT2D eigenvalue weighted by atomic mass is 35.5. The number of rotatable bonds is 0. The molecule has 7 nitrogen and oxygen atoms in total. The van der Waals surface area contributed by atoms with Crippen molar-refractivity contribution in [2.24, 2.45) is 0 Å². The smallest absolute Gasteiger partial charge is 0.415 e. The van der Waals surface area contributed by atoms with Gasteiger partial charge in [-0.15, -0.1) is 22.6 Å². The molecule has 5 rings (SSSR count). The van der Waals surface area contributed by atoms with Gasteiger partial charge in [-0.25, -0.2) is 9.37 Å². The minimum Gasteiger partial charge on any atom is -0.415 e. The lowest BCUT2D eigenvalue weighted by Gasteiger charge is -2.29. The van der Waals surface area contributed by atoms with Gasteiger partial charge in [-0.1, -0.05) is 6.07 Å². The van der Waals surface area contributed by atoms with Gasteiger partial charge < -0.3 is 20.2 Å². The Labute approximate surface area is 217 Å². The highest BCUT2D eigenvalue weighted by molar-refractivity contribution is 5.85. The zero-order valence-corrected chi connectivity index (χ0v) is 20.2. The first-order valence-corrected chi connectivity index (χ1v) is 11.4. The largest absolute Gasteiger partial charge is 0.430 e. The molecule has 0 radical (unpaired) electrons. The fourth-order valence-corrected chi connectivity index (χ4v) is 4.93. The number of hydrogen-bond acceptors (Lipinski definition) is 7. The second-order valence-electron chi connectivity index (χ2n) is 9.11. The Morgan fingerprint density at radius 3 is 2.45 bits per heavy atom. The Bertz CT molecular complexity index is 1350. The van der Waals surface area contributed by atoms with Crippen molar-refractivity contribution >= 4 is 23.9 Å². The third-order valence-corrected chi connectivity index (χ3v) is 6.76. The summed E-state index contributed by atoms with van der Waals surface area (Å²) in [7, 11) is 0. The van der Waals surface area contributed by atoms with Gasteiger partial charge in [0.1, 0.15) is 17.2 Å². The van der Waals surface area contributed by atoms with Crippen molar-refractivity contribution in [2.75, 3.05) is 17.2 Å². The molecular formula is C23H21ClF7N5O2. The number of pyridine rings is 1. The van der Waals surface area contributed by atoms with E-state index < -0.39 is 63.9 Å². The van der Waals surface area contributed by atoms with Gasteiger partial charge in [0.05, 0.1) is 5.69 Å². The van der Waals surface area contributed by atoms with Crippen LogP contribution < -0.4 is 10.6 Å². The number of nitrogen functional groups attached to an aromatic ring is 1. The van der Waals surface area contributed by atoms with Gasteiger partial charge in [0, 0.05) is 18.2 Å². The fraction of sp³-hybridized carbons (Fsp3) is 0.435. The zero-order chi connectivity index (χ0) is 26.8. The van der Waals surface area contributed by atoms with Crippen LogP contribution in [-0.4, -0.2) is 39.1 Å². The molecule has 3 aromatic rings. The lowest BCUT2D eigenvalue weighted by Crippen LogP contribution is -2.44. The van der Waals surface area contributed by atoms with Crippen LogP contribution in [0.2, 0.25) is 0 Å². The van der Waals surface area contributed by atoms with Gasteiger partial charge in [0.15, 0.2) is 5.69 Å². The number of nitrogens with two attached hydrogens (primary N) is 1. The number of hydrogen-bond donors (Lipinski definition) is 2. The standard InChI is InChI=1S/C23H20F7N5O2.ClH/c24-15-7-6-11-3-1-4-12-5-2-8-35(12)18-14(22(25,26)27)10-16(31)17(32-18)19-33-34-20(37-19)21(36,13(15)9-11)23(28,29)30;/h6-7,9-10,12,36H,1-5,8,31H2;1H/t12-,21-;/m1./s1. The molecule has 2 aliphatic heterocycles. The highest BCUT2D eigenvalue weighted by Crippen LogP contribution is 2.47. The summed E-state index contributed by atoms with van der Waals surface area (Å²) in [5.41, 5.74) is -1.25. The first kappa shape index (κ1) is 27.9. The average molecular weight is 568 g/mol. The molecule has 2 aromatic heterocycles. The van der Waals surface area contributed by atoms with E-state index in [1.807, 2.05) is 0 Å². The van der Waals surface area contributed by atoms with Crippen LogP contribution in [0.25, 0.3) is 11.6 Å². The summed E-state index contributed by atoms with van der Waals surface area (Å²) in [5, 5.41) is 17.6. The van der Waals surface area contributed by atoms with E-state index in [9.17, 15) is 35.8 Å². The van der Waals surface area contributed by atoms with E-state index in [2.05, 4.69) is 15.2 Å². The topological polar surface area (TPSA) is 101 Å². The van der Waals surface area contributed by atoms with Gasteiger partial charge in [0.2, 0.25) is 0 Å². The van der Waals surface area contributed by atoms with Crippen molar-refractivity contribution < 1.29 is 40.3 Å². The van der Waals surface area contributed by atoms with E-state index in [1.54, 1.807) is 0 Å². The Kier molecular flexibility index (Phi) is 7.02. The predicted octanol–water partition coefficient (Wildman–Crippen LogP) is 5.40. The minimum atomic E-state index is -5.50. The lowest BCUT2D eigenvalue weighted by atomic mass is 9.90. The summed E-state index contributed by atoms with van der Waals surface area (Å²) >= 11 is 0. The monoisotopic (exact) mass is 567 g/mol. The number of nitrogens with zero attached hydrogens (tertiary/aromatic N) is 4. The molecule has 3 N–H and O–H groups in total. The third-order valence-electron chi connectivity index (χ3n) is 6.76. The number of fused-ring (bicyclic) bond motifs is 9. The van der Waals surface area contributed by atoms with Gasteiger partial charge in [-0.3, -0.25) is 0 Å². The van der Waals surface area contributed by atoms with Crippen LogP contribution in [0.1, 0.15) is 48.3 Å². The number of benzene rings is 1. The highest BCUT2D eigenvalue weighted by Gasteiger charge is 2.61. The van der Waals surface area contributed by atoms with Crippen molar-refractivity contribution in [3.05, 3.63) is 52.7 Å². The molecule has 2 aliphatic rings. The third kappa shape index (κ3) is 4.53. The van der Waals surface area contributed by atoms with Crippen LogP contribution in [-0.2, 0) is 18.2 Å². The predicted molar refractivity (Wildman–Crippen MR) is 123 cm³/mol. The maximum Gasteiger partial charge on any atom is 0.430 e. The van der Waals surface area contributed by atoms with E-state index in [0.717, 1.165) is 12.1 Å². The van der Waals surface area contributed by atoms with Crippen molar-refractivity contribution in [1.29, 1.82) is 0 Å². The van der Waals surface area contributed by atoms with E-state index >= 15 is 0 Å². The number of aliphatic hydroxyl groups is 1. The number of aryl methyl sites for hydroxylation is 1. The molecule has 15 heteroatoms. The number of aromatic nitrogens is 3. The average Bonchev–Trinajstić information content (AvgIpc) is 3.48. The quantitative estimate of drug-likeness (QED) is 0.351. The van der Waals surface area contributed by atoms with E-state index in [4.69, 9.17) is 10.2 Å². The first-order valence-electron chi connectivity index (χ1n) is 11.4. The van der Waals surface area contributed by atoms with Crippen LogP contribution in [0, 0.1) is 5.82 Å². The summed E-state index contributed by atoms with van der Waals surface area (Å²) in [5.74, 6) is -3.99. The fourth-order valence-electron chi connectivity index (χ4n) is 4.93. The molecule has 38 heavy (non-hydrogen) atoms. The van der Waals surface area contributed by atoms with Crippen LogP contribution >= 0.6 is 12.4 Å². The van der Waals surface area contributed by atoms with Crippen LogP contribution in [0.5, 0.6) is 0 Å². The van der Waals surface area contributed by atoms with Gasteiger partial charge in [0.25, 0.3) is 17.4 Å². The maximum absolute atomic E-state index is 14.7. The normalized spacial score (nSPS) is 21.8. The van der Waals surface area contributed by atoms with Crippen molar-refractivity contribution in [1.82, 2.24) is 15.2 Å². The summed E-state index contributed by atoms with van der Waals surface area (Å²) < 4.78 is 104. The van der Waals surface area contributed by atoms with Gasteiger partial charge in [-0.2, -0.15) is 26.3 Å². The van der Waals surface area contributed by atoms with E-state index in [-0.39, 0.29) is 37.0 Å². The molecule has 4 heterocycles. The summed E-state index contributed by atoms with van der Waals surface area (Å²) in [6, 6.07) is 3.25. The minimum absolute atomic E-state index is 0. The molecule has 0 amide bonds. The molecule has 0 aliphatic carbocycles. The molecule has 206 valence electrons. The van der Waals surface area contributed by atoms with Crippen molar-refractivity contribution in [3.63, 3.8) is 0 Å². The number of anilines is 2. The molecule has 1 aromatic carbocycles. The van der Waals surface area contributed by atoms with Crippen LogP contribution in [0.3, 0.4) is 0 Å². The summed E-state index contributed by atoms with van der Waals surface area (Å²) in [6.45, 7) is 0.272. The second kappa shape index (κ2) is 9.56. The SMILES string of the molecule is Cl.Nc1cc(C(F)(F)F)c2nc1-c1nnc(o1)[C@@](O)(C(F)(F)F)c1cc(ccc1F)CCC[C@@H]1CCCN21. The molecule has 0 spiro atoms. The Morgan fingerprint density at radius 1 is 1.05 bits per heavy atom. The lowest BCUT2D eigenvalue weighted by molar-refractivity contribution is -0.256. The number of halogens is 8. The molecule has 1 saturated heterocycles. The van der Waals surface area contributed by atoms with Gasteiger partial charge >= 0.3 is 12.4 Å². The molecule has 0 saturated carbocycles. The summed E-state index contributed by atoms with van der Waals surface area (Å²) in [4.78, 5) is 5.54. The Morgan fingerprint density at radius 2 is 1.76 bits per heavy atom.